The van der Waals surface area contributed by atoms with Crippen molar-refractivity contribution in [1.29, 1.82) is 0 Å². The van der Waals surface area contributed by atoms with Crippen LogP contribution in [0.25, 0.3) is 6.08 Å². The van der Waals surface area contributed by atoms with Crippen LogP contribution in [-0.2, 0) is 4.79 Å². The summed E-state index contributed by atoms with van der Waals surface area (Å²) in [7, 11) is 0. The number of Topliss-reactive ketones (excluding diaryl/α,β-unsaturated/α-hetero) is 1. The summed E-state index contributed by atoms with van der Waals surface area (Å²) in [5.41, 5.74) is 2.38. The lowest BCUT2D eigenvalue weighted by Crippen LogP contribution is -2.42. The second kappa shape index (κ2) is 8.82. The Morgan fingerprint density at radius 2 is 2.11 bits per heavy atom. The topological polar surface area (TPSA) is 46.1 Å². The van der Waals surface area contributed by atoms with Crippen LogP contribution >= 0.6 is 36.8 Å². The summed E-state index contributed by atoms with van der Waals surface area (Å²) >= 11 is 5.86. The second-order valence-corrected chi connectivity index (χ2v) is 8.11. The van der Waals surface area contributed by atoms with Crippen LogP contribution in [0.5, 0.6) is 0 Å². The number of benzene rings is 1. The molecule has 1 saturated carbocycles. The molecule has 0 bridgehead atoms. The molecule has 2 heterocycles. The monoisotopic (exact) mass is 425 g/mol. The summed E-state index contributed by atoms with van der Waals surface area (Å²) in [6, 6.07) is 6.11. The van der Waals surface area contributed by atoms with Crippen molar-refractivity contribution >= 4 is 48.6 Å². The van der Waals surface area contributed by atoms with Gasteiger partial charge in [-0.05, 0) is 37.0 Å². The third-order valence-electron chi connectivity index (χ3n) is 5.03. The van der Waals surface area contributed by atoms with E-state index in [-0.39, 0.29) is 35.2 Å². The van der Waals surface area contributed by atoms with Gasteiger partial charge in [-0.25, -0.2) is 4.39 Å². The Morgan fingerprint density at radius 1 is 1.33 bits per heavy atom. The Morgan fingerprint density at radius 3 is 2.78 bits per heavy atom. The van der Waals surface area contributed by atoms with E-state index in [0.717, 1.165) is 37.1 Å². The molecule has 1 aliphatic carbocycles. The molecule has 1 aromatic carbocycles. The summed E-state index contributed by atoms with van der Waals surface area (Å²) in [6.07, 6.45) is 6.36. The average molecular weight is 426 g/mol. The number of nitrogens with zero attached hydrogens (tertiary/aromatic N) is 3. The van der Waals surface area contributed by atoms with Crippen LogP contribution < -0.4 is 0 Å². The zero-order chi connectivity index (χ0) is 18.1. The van der Waals surface area contributed by atoms with Crippen molar-refractivity contribution in [2.24, 2.45) is 5.92 Å². The van der Waals surface area contributed by atoms with E-state index in [1.54, 1.807) is 24.4 Å². The molecule has 144 valence electrons. The fraction of sp³-hybridized carbons (Fsp3) is 0.421. The molecule has 0 N–H and O–H groups in total. The smallest absolute Gasteiger partial charge is 0.157 e. The van der Waals surface area contributed by atoms with E-state index < -0.39 is 6.04 Å². The second-order valence-electron chi connectivity index (χ2n) is 6.93. The minimum absolute atomic E-state index is 0. The van der Waals surface area contributed by atoms with Crippen molar-refractivity contribution in [3.05, 3.63) is 53.1 Å². The molecule has 1 aliphatic heterocycles. The van der Waals surface area contributed by atoms with Crippen molar-refractivity contribution in [1.82, 2.24) is 13.6 Å². The minimum atomic E-state index is -0.526. The highest BCUT2D eigenvalue weighted by Gasteiger charge is 2.40. The first kappa shape index (κ1) is 20.5. The Labute approximate surface area is 174 Å². The quantitative estimate of drug-likeness (QED) is 0.729. The molecule has 2 fully saturated rings. The number of aromatic nitrogens is 2. The van der Waals surface area contributed by atoms with E-state index in [4.69, 9.17) is 12.6 Å². The van der Waals surface area contributed by atoms with E-state index >= 15 is 0 Å². The summed E-state index contributed by atoms with van der Waals surface area (Å²) in [5.74, 6) is -0.0976. The lowest BCUT2D eigenvalue weighted by molar-refractivity contribution is -0.126. The highest BCUT2D eigenvalue weighted by molar-refractivity contribution is 7.81. The van der Waals surface area contributed by atoms with Crippen molar-refractivity contribution in [2.75, 3.05) is 13.1 Å². The largest absolute Gasteiger partial charge is 0.297 e. The van der Waals surface area contributed by atoms with E-state index in [1.807, 2.05) is 6.08 Å². The highest BCUT2D eigenvalue weighted by atomic mass is 35.5. The van der Waals surface area contributed by atoms with E-state index in [0.29, 0.717) is 12.1 Å². The first-order valence-corrected chi connectivity index (χ1v) is 10.1. The number of carbonyl (C=O) groups excluding carboxylic acids is 1. The van der Waals surface area contributed by atoms with E-state index in [1.165, 1.54) is 17.8 Å². The van der Waals surface area contributed by atoms with Gasteiger partial charge in [0.2, 0.25) is 0 Å². The number of likely N-dealkylation sites (tertiary alicyclic amines) is 1. The van der Waals surface area contributed by atoms with Gasteiger partial charge in [-0.2, -0.15) is 21.4 Å². The molecule has 2 atom stereocenters. The number of halogens is 2. The Kier molecular flexibility index (Phi) is 6.68. The minimum Gasteiger partial charge on any atom is -0.297 e. The van der Waals surface area contributed by atoms with Crippen LogP contribution in [0.1, 0.15) is 36.6 Å². The molecule has 2 aromatic rings. The van der Waals surface area contributed by atoms with Gasteiger partial charge in [0.05, 0.1) is 29.7 Å². The first-order valence-electron chi connectivity index (χ1n) is 8.82. The fourth-order valence-electron chi connectivity index (χ4n) is 3.50. The van der Waals surface area contributed by atoms with Crippen molar-refractivity contribution < 1.29 is 9.18 Å². The van der Waals surface area contributed by atoms with Crippen LogP contribution in [0.15, 0.2) is 36.0 Å². The summed E-state index contributed by atoms with van der Waals surface area (Å²) < 4.78 is 22.8. The van der Waals surface area contributed by atoms with Crippen LogP contribution in [0, 0.1) is 11.7 Å². The van der Waals surface area contributed by atoms with Crippen molar-refractivity contribution in [2.45, 2.75) is 30.6 Å². The molecule has 4 rings (SSSR count). The fourth-order valence-corrected chi connectivity index (χ4v) is 4.17. The van der Waals surface area contributed by atoms with Gasteiger partial charge < -0.3 is 0 Å². The summed E-state index contributed by atoms with van der Waals surface area (Å²) in [4.78, 5) is 15.1. The molecule has 8 heteroatoms. The molecule has 1 aromatic heterocycles. The maximum absolute atomic E-state index is 14.5. The van der Waals surface area contributed by atoms with Gasteiger partial charge in [0.15, 0.2) is 5.78 Å². The molecule has 4 nitrogen and oxygen atoms in total. The maximum Gasteiger partial charge on any atom is 0.157 e. The van der Waals surface area contributed by atoms with Crippen molar-refractivity contribution in [3.8, 4) is 0 Å². The third-order valence-corrected chi connectivity index (χ3v) is 6.11. The number of piperidine rings is 1. The van der Waals surface area contributed by atoms with Crippen LogP contribution in [0.3, 0.4) is 0 Å². The predicted octanol–water partition coefficient (Wildman–Crippen LogP) is 4.21. The zero-order valence-corrected chi connectivity index (χ0v) is 17.2. The molecule has 2 unspecified atom stereocenters. The molecular weight excluding hydrogens is 405 g/mol. The SMILES string of the molecule is Cl.O=C(C1CC1)C(c1ccccc1F)N1CCC(S)/C(=C/c2cnsn2)C1. The van der Waals surface area contributed by atoms with Gasteiger partial charge in [0, 0.05) is 29.8 Å². The lowest BCUT2D eigenvalue weighted by atomic mass is 9.93. The Bertz CT molecular complexity index is 826. The van der Waals surface area contributed by atoms with Crippen LogP contribution in [-0.4, -0.2) is 37.8 Å². The van der Waals surface area contributed by atoms with E-state index in [9.17, 15) is 9.18 Å². The van der Waals surface area contributed by atoms with Gasteiger partial charge >= 0.3 is 0 Å². The number of thiol groups is 1. The molecule has 2 aliphatic rings. The molecule has 0 amide bonds. The third kappa shape index (κ3) is 4.59. The number of rotatable bonds is 5. The molecule has 27 heavy (non-hydrogen) atoms. The number of ketones is 1. The number of hydrogen-bond donors (Lipinski definition) is 1. The molecule has 0 radical (unpaired) electrons. The van der Waals surface area contributed by atoms with Crippen LogP contribution in [0.4, 0.5) is 4.39 Å². The number of hydrogen-bond acceptors (Lipinski definition) is 6. The molecule has 0 spiro atoms. The van der Waals surface area contributed by atoms with Crippen molar-refractivity contribution in [3.63, 3.8) is 0 Å². The van der Waals surface area contributed by atoms with Crippen LogP contribution in [0.2, 0.25) is 0 Å². The molecule has 1 saturated heterocycles. The highest BCUT2D eigenvalue weighted by Crippen LogP contribution is 2.39. The average Bonchev–Trinajstić information content (AvgIpc) is 3.37. The Hall–Kier alpha value is -1.28. The number of carbonyl (C=O) groups is 1. The zero-order valence-electron chi connectivity index (χ0n) is 14.6. The molecular formula is C19H21ClFN3OS2. The maximum atomic E-state index is 14.5. The lowest BCUT2D eigenvalue weighted by Gasteiger charge is -2.37. The van der Waals surface area contributed by atoms with Gasteiger partial charge in [-0.3, -0.25) is 9.69 Å². The standard InChI is InChI=1S/C19H20FN3OS2.ClH/c20-16-4-2-1-3-15(16)18(19(24)12-5-6-12)23-8-7-17(25)13(11-23)9-14-10-21-26-22-14;/h1-4,9-10,12,17-18,25H,5-8,11H2;1H/b13-9+;. The van der Waals surface area contributed by atoms with Gasteiger partial charge in [-0.1, -0.05) is 18.2 Å². The Balaban J connectivity index is 0.00000210. The summed E-state index contributed by atoms with van der Waals surface area (Å²) in [5, 5.41) is 0.116. The van der Waals surface area contributed by atoms with Gasteiger partial charge in [0.25, 0.3) is 0 Å². The van der Waals surface area contributed by atoms with E-state index in [2.05, 4.69) is 13.6 Å². The first-order chi connectivity index (χ1) is 12.6. The predicted molar refractivity (Wildman–Crippen MR) is 111 cm³/mol. The summed E-state index contributed by atoms with van der Waals surface area (Å²) in [6.45, 7) is 1.31. The van der Waals surface area contributed by atoms with Gasteiger partial charge in [0.1, 0.15) is 5.82 Å². The van der Waals surface area contributed by atoms with Gasteiger partial charge in [-0.15, -0.1) is 12.4 Å². The normalized spacial score (nSPS) is 23.0.